The van der Waals surface area contributed by atoms with Crippen molar-refractivity contribution in [2.75, 3.05) is 13.1 Å². The average Bonchev–Trinajstić information content (AvgIpc) is 3.04. The van der Waals surface area contributed by atoms with Gasteiger partial charge in [-0.1, -0.05) is 19.9 Å². The van der Waals surface area contributed by atoms with Gasteiger partial charge in [0.2, 0.25) is 5.91 Å². The number of carbonyl (C=O) groups excluding carboxylic acids is 1. The fourth-order valence-corrected chi connectivity index (χ4v) is 2.20. The van der Waals surface area contributed by atoms with Crippen LogP contribution in [-0.2, 0) is 11.3 Å². The first-order chi connectivity index (χ1) is 9.09. The number of carbonyl (C=O) groups is 1. The van der Waals surface area contributed by atoms with Gasteiger partial charge in [0.1, 0.15) is 0 Å². The molecule has 0 saturated heterocycles. The minimum absolute atomic E-state index is 0.220. The van der Waals surface area contributed by atoms with Crippen molar-refractivity contribution in [3.8, 4) is 0 Å². The summed E-state index contributed by atoms with van der Waals surface area (Å²) in [6.45, 7) is 6.78. The number of rotatable bonds is 7. The van der Waals surface area contributed by atoms with E-state index in [4.69, 9.17) is 0 Å². The van der Waals surface area contributed by atoms with E-state index in [2.05, 4.69) is 35.5 Å². The van der Waals surface area contributed by atoms with E-state index >= 15 is 0 Å². The Morgan fingerprint density at radius 1 is 1.47 bits per heavy atom. The van der Waals surface area contributed by atoms with Crippen LogP contribution >= 0.6 is 0 Å². The smallest absolute Gasteiger partial charge is 0.223 e. The Balaban J connectivity index is 1.50. The Bertz CT molecular complexity index is 417. The minimum Gasteiger partial charge on any atom is -0.356 e. The van der Waals surface area contributed by atoms with E-state index in [-0.39, 0.29) is 17.2 Å². The van der Waals surface area contributed by atoms with E-state index in [1.165, 1.54) is 5.56 Å². The average molecular weight is 261 g/mol. The molecule has 1 aromatic rings. The molecule has 19 heavy (non-hydrogen) atoms. The molecule has 1 unspecified atom stereocenters. The van der Waals surface area contributed by atoms with Crippen molar-refractivity contribution < 1.29 is 4.79 Å². The zero-order chi connectivity index (χ0) is 13.7. The van der Waals surface area contributed by atoms with Gasteiger partial charge in [0, 0.05) is 31.4 Å². The van der Waals surface area contributed by atoms with Gasteiger partial charge in [-0.05, 0) is 36.4 Å². The molecule has 1 heterocycles. The Hall–Kier alpha value is -1.42. The second-order valence-corrected chi connectivity index (χ2v) is 5.93. The van der Waals surface area contributed by atoms with Crippen molar-refractivity contribution in [1.29, 1.82) is 0 Å². The Labute approximate surface area is 115 Å². The third-order valence-corrected chi connectivity index (χ3v) is 3.71. The van der Waals surface area contributed by atoms with Gasteiger partial charge >= 0.3 is 0 Å². The van der Waals surface area contributed by atoms with Crippen molar-refractivity contribution in [1.82, 2.24) is 15.6 Å². The van der Waals surface area contributed by atoms with Crippen molar-refractivity contribution in [3.05, 3.63) is 30.1 Å². The molecule has 104 valence electrons. The van der Waals surface area contributed by atoms with Gasteiger partial charge in [0.05, 0.1) is 0 Å². The highest BCUT2D eigenvalue weighted by Gasteiger charge is 2.50. The van der Waals surface area contributed by atoms with Crippen LogP contribution in [0.4, 0.5) is 0 Å². The fourth-order valence-electron chi connectivity index (χ4n) is 2.20. The van der Waals surface area contributed by atoms with Gasteiger partial charge in [-0.15, -0.1) is 0 Å². The topological polar surface area (TPSA) is 54.0 Å². The summed E-state index contributed by atoms with van der Waals surface area (Å²) in [6, 6.07) is 3.99. The van der Waals surface area contributed by atoms with E-state index in [9.17, 15) is 4.79 Å². The molecule has 1 aliphatic carbocycles. The Morgan fingerprint density at radius 2 is 2.26 bits per heavy atom. The maximum absolute atomic E-state index is 11.7. The van der Waals surface area contributed by atoms with E-state index in [0.717, 1.165) is 32.5 Å². The lowest BCUT2D eigenvalue weighted by atomic mass is 10.1. The van der Waals surface area contributed by atoms with Crippen LogP contribution in [0.15, 0.2) is 24.5 Å². The second kappa shape index (κ2) is 6.15. The molecule has 0 bridgehead atoms. The first kappa shape index (κ1) is 14.0. The molecule has 1 aliphatic rings. The molecule has 1 amide bonds. The predicted octanol–water partition coefficient (Wildman–Crippen LogP) is 1.72. The zero-order valence-electron chi connectivity index (χ0n) is 11.8. The van der Waals surface area contributed by atoms with Crippen molar-refractivity contribution in [2.24, 2.45) is 11.3 Å². The molecule has 4 nitrogen and oxygen atoms in total. The summed E-state index contributed by atoms with van der Waals surface area (Å²) in [4.78, 5) is 15.8. The van der Waals surface area contributed by atoms with Crippen LogP contribution in [-0.4, -0.2) is 24.0 Å². The predicted molar refractivity (Wildman–Crippen MR) is 75.5 cm³/mol. The number of hydrogen-bond acceptors (Lipinski definition) is 3. The molecular formula is C15H23N3O. The fraction of sp³-hybridized carbons (Fsp3) is 0.600. The summed E-state index contributed by atoms with van der Waals surface area (Å²) < 4.78 is 0. The third-order valence-electron chi connectivity index (χ3n) is 3.71. The van der Waals surface area contributed by atoms with Crippen molar-refractivity contribution in [2.45, 2.75) is 33.2 Å². The summed E-state index contributed by atoms with van der Waals surface area (Å²) in [5.41, 5.74) is 1.41. The van der Waals surface area contributed by atoms with Gasteiger partial charge in [-0.2, -0.15) is 0 Å². The number of pyridine rings is 1. The quantitative estimate of drug-likeness (QED) is 0.735. The minimum atomic E-state index is 0.220. The number of aromatic nitrogens is 1. The number of nitrogens with one attached hydrogen (secondary N) is 2. The zero-order valence-corrected chi connectivity index (χ0v) is 11.8. The highest BCUT2D eigenvalue weighted by Crippen LogP contribution is 2.51. The van der Waals surface area contributed by atoms with E-state index in [1.54, 1.807) is 6.20 Å². The van der Waals surface area contributed by atoms with E-state index in [0.29, 0.717) is 0 Å². The monoisotopic (exact) mass is 261 g/mol. The first-order valence-corrected chi connectivity index (χ1v) is 6.97. The summed E-state index contributed by atoms with van der Waals surface area (Å²) in [7, 11) is 0. The number of hydrogen-bond donors (Lipinski definition) is 2. The molecule has 1 saturated carbocycles. The molecule has 4 heteroatoms. The van der Waals surface area contributed by atoms with Gasteiger partial charge in [-0.3, -0.25) is 9.78 Å². The third kappa shape index (κ3) is 4.31. The van der Waals surface area contributed by atoms with Crippen molar-refractivity contribution in [3.63, 3.8) is 0 Å². The molecule has 2 rings (SSSR count). The maximum atomic E-state index is 11.7. The summed E-state index contributed by atoms with van der Waals surface area (Å²) in [5, 5.41) is 6.35. The summed E-state index contributed by atoms with van der Waals surface area (Å²) in [5.74, 6) is 0.452. The van der Waals surface area contributed by atoms with E-state index in [1.807, 2.05) is 12.3 Å². The van der Waals surface area contributed by atoms with E-state index < -0.39 is 0 Å². The molecule has 0 spiro atoms. The molecule has 2 N–H and O–H groups in total. The Kier molecular flexibility index (Phi) is 4.53. The van der Waals surface area contributed by atoms with Crippen LogP contribution in [0.1, 0.15) is 32.3 Å². The molecular weight excluding hydrogens is 238 g/mol. The molecule has 1 fully saturated rings. The highest BCUT2D eigenvalue weighted by atomic mass is 16.2. The molecule has 1 atom stereocenters. The molecule has 0 aliphatic heterocycles. The number of amides is 1. The molecule has 0 radical (unpaired) electrons. The van der Waals surface area contributed by atoms with Crippen LogP contribution < -0.4 is 10.6 Å². The summed E-state index contributed by atoms with van der Waals surface area (Å²) >= 11 is 0. The standard InChI is InChI=1S/C15H23N3O/c1-15(2)9-13(15)14(19)18-8-4-7-17-11-12-5-3-6-16-10-12/h3,5-6,10,13,17H,4,7-9,11H2,1-2H3,(H,18,19). The van der Waals surface area contributed by atoms with Crippen LogP contribution in [0.2, 0.25) is 0 Å². The number of nitrogens with zero attached hydrogens (tertiary/aromatic N) is 1. The van der Waals surface area contributed by atoms with Crippen LogP contribution in [0.25, 0.3) is 0 Å². The maximum Gasteiger partial charge on any atom is 0.223 e. The lowest BCUT2D eigenvalue weighted by Gasteiger charge is -2.07. The second-order valence-electron chi connectivity index (χ2n) is 5.93. The lowest BCUT2D eigenvalue weighted by Crippen LogP contribution is -2.29. The normalized spacial score (nSPS) is 20.0. The molecule has 0 aromatic carbocycles. The van der Waals surface area contributed by atoms with Gasteiger partial charge in [-0.25, -0.2) is 0 Å². The van der Waals surface area contributed by atoms with Gasteiger partial charge in [0.15, 0.2) is 0 Å². The Morgan fingerprint density at radius 3 is 2.89 bits per heavy atom. The van der Waals surface area contributed by atoms with Crippen LogP contribution in [0.3, 0.4) is 0 Å². The SMILES string of the molecule is CC1(C)CC1C(=O)NCCCNCc1cccnc1. The van der Waals surface area contributed by atoms with Crippen molar-refractivity contribution >= 4 is 5.91 Å². The van der Waals surface area contributed by atoms with Crippen LogP contribution in [0, 0.1) is 11.3 Å². The first-order valence-electron chi connectivity index (χ1n) is 6.97. The highest BCUT2D eigenvalue weighted by molar-refractivity contribution is 5.82. The summed E-state index contributed by atoms with van der Waals surface area (Å²) in [6.07, 6.45) is 5.62. The largest absolute Gasteiger partial charge is 0.356 e. The molecule has 1 aromatic heterocycles. The van der Waals surface area contributed by atoms with Crippen LogP contribution in [0.5, 0.6) is 0 Å². The van der Waals surface area contributed by atoms with Gasteiger partial charge in [0.25, 0.3) is 0 Å². The lowest BCUT2D eigenvalue weighted by molar-refractivity contribution is -0.122. The van der Waals surface area contributed by atoms with Gasteiger partial charge < -0.3 is 10.6 Å².